The van der Waals surface area contributed by atoms with Crippen molar-refractivity contribution in [3.63, 3.8) is 0 Å². The van der Waals surface area contributed by atoms with E-state index in [0.29, 0.717) is 4.47 Å². The van der Waals surface area contributed by atoms with E-state index >= 15 is 0 Å². The summed E-state index contributed by atoms with van der Waals surface area (Å²) in [4.78, 5) is 15.8. The number of carbonyl (C=O) groups is 1. The largest absolute Gasteiger partial charge is 0.320 e. The van der Waals surface area contributed by atoms with Crippen molar-refractivity contribution in [2.75, 3.05) is 5.32 Å². The average molecular weight is 398 g/mol. The Labute approximate surface area is 137 Å². The summed E-state index contributed by atoms with van der Waals surface area (Å²) in [6.07, 6.45) is 0. The number of hydrogen-bond donors (Lipinski definition) is 1. The van der Waals surface area contributed by atoms with Gasteiger partial charge in [0.15, 0.2) is 0 Å². The van der Waals surface area contributed by atoms with Gasteiger partial charge in [-0.25, -0.2) is 9.37 Å². The van der Waals surface area contributed by atoms with Crippen LogP contribution in [-0.2, 0) is 0 Å². The van der Waals surface area contributed by atoms with Gasteiger partial charge < -0.3 is 5.32 Å². The van der Waals surface area contributed by atoms with Gasteiger partial charge in [0, 0.05) is 4.47 Å². The Morgan fingerprint density at radius 3 is 2.55 bits per heavy atom. The summed E-state index contributed by atoms with van der Waals surface area (Å²) in [6.45, 7) is 0. The van der Waals surface area contributed by atoms with Gasteiger partial charge in [-0.2, -0.15) is 0 Å². The lowest BCUT2D eigenvalue weighted by molar-refractivity contribution is 0.102. The van der Waals surface area contributed by atoms with Crippen LogP contribution in [0.3, 0.4) is 0 Å². The number of amides is 1. The molecule has 3 nitrogen and oxygen atoms in total. The van der Waals surface area contributed by atoms with E-state index in [4.69, 9.17) is 34.8 Å². The molecule has 0 saturated carbocycles. The second kappa shape index (κ2) is 6.26. The van der Waals surface area contributed by atoms with E-state index in [0.717, 1.165) is 6.07 Å². The lowest BCUT2D eigenvalue weighted by Gasteiger charge is -2.10. The normalized spacial score (nSPS) is 10.4. The number of aromatic nitrogens is 1. The van der Waals surface area contributed by atoms with E-state index in [1.165, 1.54) is 18.2 Å². The van der Waals surface area contributed by atoms with Crippen LogP contribution in [0.5, 0.6) is 0 Å². The van der Waals surface area contributed by atoms with Gasteiger partial charge in [0.25, 0.3) is 5.91 Å². The molecule has 1 amide bonds. The lowest BCUT2D eigenvalue weighted by atomic mass is 10.2. The van der Waals surface area contributed by atoms with Crippen LogP contribution in [0.15, 0.2) is 28.7 Å². The van der Waals surface area contributed by atoms with Crippen molar-refractivity contribution in [1.82, 2.24) is 4.98 Å². The quantitative estimate of drug-likeness (QED) is 0.707. The molecule has 2 aromatic rings. The molecule has 0 atom stereocenters. The van der Waals surface area contributed by atoms with Gasteiger partial charge in [-0.05, 0) is 40.2 Å². The lowest BCUT2D eigenvalue weighted by Crippen LogP contribution is -2.14. The Balaban J connectivity index is 2.33. The third-order valence-corrected chi connectivity index (χ3v) is 3.73. The molecular weight excluding hydrogens is 393 g/mol. The molecule has 104 valence electrons. The van der Waals surface area contributed by atoms with Gasteiger partial charge >= 0.3 is 0 Å². The number of rotatable bonds is 2. The zero-order chi connectivity index (χ0) is 14.9. The van der Waals surface area contributed by atoms with Crippen LogP contribution in [0.25, 0.3) is 0 Å². The second-order valence-corrected chi connectivity index (χ2v) is 5.68. The number of anilines is 1. The van der Waals surface area contributed by atoms with Crippen LogP contribution >= 0.6 is 50.7 Å². The predicted molar refractivity (Wildman–Crippen MR) is 81.3 cm³/mol. The van der Waals surface area contributed by atoms with Gasteiger partial charge in [0.1, 0.15) is 16.1 Å². The first-order valence-electron chi connectivity index (χ1n) is 5.16. The zero-order valence-corrected chi connectivity index (χ0v) is 13.4. The van der Waals surface area contributed by atoms with Gasteiger partial charge in [0.2, 0.25) is 0 Å². The number of hydrogen-bond acceptors (Lipinski definition) is 2. The highest BCUT2D eigenvalue weighted by Crippen LogP contribution is 2.32. The number of nitrogens with one attached hydrogen (secondary N) is 1. The molecule has 1 aromatic carbocycles. The Morgan fingerprint density at radius 2 is 1.95 bits per heavy atom. The molecule has 0 aliphatic rings. The molecule has 0 bridgehead atoms. The molecule has 0 aliphatic heterocycles. The molecule has 0 aliphatic carbocycles. The van der Waals surface area contributed by atoms with Gasteiger partial charge in [-0.15, -0.1) is 0 Å². The van der Waals surface area contributed by atoms with Gasteiger partial charge in [0.05, 0.1) is 16.3 Å². The molecule has 2 rings (SSSR count). The van der Waals surface area contributed by atoms with Crippen LogP contribution in [0.2, 0.25) is 15.3 Å². The van der Waals surface area contributed by atoms with Crippen LogP contribution in [0.4, 0.5) is 10.1 Å². The maximum absolute atomic E-state index is 13.1. The third kappa shape index (κ3) is 3.41. The number of nitrogens with zero attached hydrogens (tertiary/aromatic N) is 1. The molecule has 0 unspecified atom stereocenters. The molecule has 0 radical (unpaired) electrons. The molecule has 1 heterocycles. The van der Waals surface area contributed by atoms with E-state index in [9.17, 15) is 9.18 Å². The smallest absolute Gasteiger partial charge is 0.258 e. The monoisotopic (exact) mass is 396 g/mol. The van der Waals surface area contributed by atoms with Crippen molar-refractivity contribution in [3.05, 3.63) is 55.4 Å². The molecule has 0 fully saturated rings. The molecule has 1 N–H and O–H groups in total. The zero-order valence-electron chi connectivity index (χ0n) is 9.55. The van der Waals surface area contributed by atoms with Crippen LogP contribution < -0.4 is 5.32 Å². The molecule has 1 aromatic heterocycles. The SMILES string of the molecule is O=C(Nc1c(Cl)cc(F)cc1Br)c1ccc(Cl)nc1Cl. The predicted octanol–water partition coefficient (Wildman–Crippen LogP) is 5.20. The first-order valence-corrected chi connectivity index (χ1v) is 7.09. The Bertz CT molecular complexity index is 673. The van der Waals surface area contributed by atoms with Crippen molar-refractivity contribution in [1.29, 1.82) is 0 Å². The van der Waals surface area contributed by atoms with Crippen molar-refractivity contribution >= 4 is 62.3 Å². The molecule has 0 spiro atoms. The summed E-state index contributed by atoms with van der Waals surface area (Å²) in [7, 11) is 0. The third-order valence-electron chi connectivity index (χ3n) is 2.30. The van der Waals surface area contributed by atoms with E-state index in [-0.39, 0.29) is 26.6 Å². The highest BCUT2D eigenvalue weighted by Gasteiger charge is 2.16. The molecular formula is C12H5BrCl3FN2O. The average Bonchev–Trinajstić information content (AvgIpc) is 2.33. The standard InChI is InChI=1S/C12H5BrCl3FN2O/c13-7-3-5(17)4-8(14)10(7)19-12(20)6-1-2-9(15)18-11(6)16/h1-4H,(H,19,20). The van der Waals surface area contributed by atoms with Crippen LogP contribution in [0, 0.1) is 5.82 Å². The highest BCUT2D eigenvalue weighted by atomic mass is 79.9. The van der Waals surface area contributed by atoms with Crippen LogP contribution in [-0.4, -0.2) is 10.9 Å². The summed E-state index contributed by atoms with van der Waals surface area (Å²) in [5, 5.41) is 2.72. The fourth-order valence-corrected chi connectivity index (χ4v) is 2.75. The van der Waals surface area contributed by atoms with E-state index in [1.807, 2.05) is 0 Å². The summed E-state index contributed by atoms with van der Waals surface area (Å²) in [5.74, 6) is -1.06. The Kier molecular flexibility index (Phi) is 4.86. The van der Waals surface area contributed by atoms with Crippen molar-refractivity contribution in [3.8, 4) is 0 Å². The second-order valence-electron chi connectivity index (χ2n) is 3.67. The van der Waals surface area contributed by atoms with Crippen molar-refractivity contribution in [2.24, 2.45) is 0 Å². The summed E-state index contributed by atoms with van der Waals surface area (Å²) in [5.41, 5.74) is 0.368. The molecule has 0 saturated heterocycles. The fourth-order valence-electron chi connectivity index (χ4n) is 1.42. The fraction of sp³-hybridized carbons (Fsp3) is 0. The Hall–Kier alpha value is -0.880. The van der Waals surface area contributed by atoms with E-state index in [1.54, 1.807) is 0 Å². The molecule has 20 heavy (non-hydrogen) atoms. The van der Waals surface area contributed by atoms with Crippen molar-refractivity contribution in [2.45, 2.75) is 0 Å². The summed E-state index contributed by atoms with van der Waals surface area (Å²) < 4.78 is 13.4. The number of carbonyl (C=O) groups excluding carboxylic acids is 1. The minimum atomic E-state index is -0.534. The van der Waals surface area contributed by atoms with E-state index in [2.05, 4.69) is 26.2 Å². The van der Waals surface area contributed by atoms with Crippen molar-refractivity contribution < 1.29 is 9.18 Å². The first kappa shape index (κ1) is 15.5. The number of halogens is 5. The maximum Gasteiger partial charge on any atom is 0.258 e. The number of pyridine rings is 1. The summed E-state index contributed by atoms with van der Waals surface area (Å²) >= 11 is 20.5. The minimum Gasteiger partial charge on any atom is -0.320 e. The molecule has 8 heteroatoms. The maximum atomic E-state index is 13.1. The van der Waals surface area contributed by atoms with Gasteiger partial charge in [-0.3, -0.25) is 4.79 Å². The summed E-state index contributed by atoms with van der Waals surface area (Å²) in [6, 6.07) is 5.13. The topological polar surface area (TPSA) is 42.0 Å². The number of benzene rings is 1. The minimum absolute atomic E-state index is 0.0376. The Morgan fingerprint density at radius 1 is 1.25 bits per heavy atom. The van der Waals surface area contributed by atoms with Crippen LogP contribution in [0.1, 0.15) is 10.4 Å². The van der Waals surface area contributed by atoms with Gasteiger partial charge in [-0.1, -0.05) is 34.8 Å². The highest BCUT2D eigenvalue weighted by molar-refractivity contribution is 9.10. The first-order chi connectivity index (χ1) is 9.38. The van der Waals surface area contributed by atoms with E-state index < -0.39 is 11.7 Å².